The van der Waals surface area contributed by atoms with E-state index in [0.29, 0.717) is 30.0 Å². The number of carbonyl (C=O) groups is 2. The predicted molar refractivity (Wildman–Crippen MR) is 69.2 cm³/mol. The summed E-state index contributed by atoms with van der Waals surface area (Å²) in [6, 6.07) is 0. The molecule has 0 saturated heterocycles. The lowest BCUT2D eigenvalue weighted by Crippen LogP contribution is -2.31. The van der Waals surface area contributed by atoms with Crippen LogP contribution in [0.2, 0.25) is 0 Å². The Kier molecular flexibility index (Phi) is 1.92. The maximum Gasteiger partial charge on any atom is 0.311 e. The van der Waals surface area contributed by atoms with Crippen molar-refractivity contribution in [1.82, 2.24) is 0 Å². The van der Waals surface area contributed by atoms with Gasteiger partial charge in [0.25, 0.3) is 0 Å². The van der Waals surface area contributed by atoms with Gasteiger partial charge < -0.3 is 4.74 Å². The van der Waals surface area contributed by atoms with E-state index in [1.54, 1.807) is 0 Å². The van der Waals surface area contributed by atoms with Gasteiger partial charge in [-0.3, -0.25) is 9.59 Å². The van der Waals surface area contributed by atoms with E-state index in [2.05, 4.69) is 6.92 Å². The predicted octanol–water partition coefficient (Wildman–Crippen LogP) is 2.50. The van der Waals surface area contributed by atoms with Gasteiger partial charge in [0.05, 0.1) is 12.5 Å². The second kappa shape index (κ2) is 3.13. The SMILES string of the molecule is COC(=O)[C@@]1(C)C[C@@H]2C3CC4=C3[C@@](C)(CC4=O)[C@@H]2C1. The lowest BCUT2D eigenvalue weighted by Gasteiger charge is -2.34. The van der Waals surface area contributed by atoms with Crippen molar-refractivity contribution in [3.8, 4) is 0 Å². The van der Waals surface area contributed by atoms with Crippen molar-refractivity contribution in [1.29, 1.82) is 0 Å². The zero-order valence-corrected chi connectivity index (χ0v) is 11.8. The van der Waals surface area contributed by atoms with Crippen molar-refractivity contribution in [2.24, 2.45) is 28.6 Å². The maximum absolute atomic E-state index is 12.0. The smallest absolute Gasteiger partial charge is 0.311 e. The Labute approximate surface area is 113 Å². The molecule has 4 aliphatic carbocycles. The Balaban J connectivity index is 1.73. The van der Waals surface area contributed by atoms with E-state index in [1.165, 1.54) is 12.7 Å². The summed E-state index contributed by atoms with van der Waals surface area (Å²) in [6.07, 6.45) is 3.49. The zero-order chi connectivity index (χ0) is 13.6. The van der Waals surface area contributed by atoms with Gasteiger partial charge in [-0.15, -0.1) is 0 Å². The molecular formula is C16H20O3. The van der Waals surface area contributed by atoms with Crippen LogP contribution in [0.25, 0.3) is 0 Å². The molecule has 4 rings (SSSR count). The molecule has 1 unspecified atom stereocenters. The number of fused-ring (bicyclic) bond motifs is 3. The molecule has 102 valence electrons. The number of rotatable bonds is 1. The number of esters is 1. The summed E-state index contributed by atoms with van der Waals surface area (Å²) in [5, 5.41) is 0. The van der Waals surface area contributed by atoms with Crippen LogP contribution >= 0.6 is 0 Å². The molecule has 0 spiro atoms. The molecule has 0 bridgehead atoms. The maximum atomic E-state index is 12.0. The van der Waals surface area contributed by atoms with Gasteiger partial charge in [-0.25, -0.2) is 0 Å². The van der Waals surface area contributed by atoms with Crippen LogP contribution in [0.15, 0.2) is 11.1 Å². The zero-order valence-electron chi connectivity index (χ0n) is 11.8. The molecule has 0 aromatic carbocycles. The van der Waals surface area contributed by atoms with Crippen LogP contribution < -0.4 is 0 Å². The van der Waals surface area contributed by atoms with Crippen LogP contribution in [0.4, 0.5) is 0 Å². The summed E-state index contributed by atoms with van der Waals surface area (Å²) in [5.74, 6) is 1.99. The van der Waals surface area contributed by atoms with Crippen molar-refractivity contribution in [2.75, 3.05) is 7.11 Å². The second-order valence-electron chi connectivity index (χ2n) is 7.45. The normalized spacial score (nSPS) is 50.1. The number of ether oxygens (including phenoxy) is 1. The van der Waals surface area contributed by atoms with E-state index in [4.69, 9.17) is 4.74 Å². The highest BCUT2D eigenvalue weighted by molar-refractivity contribution is 6.02. The fraction of sp³-hybridized carbons (Fsp3) is 0.750. The minimum atomic E-state index is -0.333. The van der Waals surface area contributed by atoms with E-state index in [1.807, 2.05) is 6.92 Å². The average Bonchev–Trinajstić information content (AvgIpc) is 2.78. The third-order valence-electron chi connectivity index (χ3n) is 6.49. The van der Waals surface area contributed by atoms with Crippen LogP contribution in [0.3, 0.4) is 0 Å². The topological polar surface area (TPSA) is 43.4 Å². The average molecular weight is 260 g/mol. The van der Waals surface area contributed by atoms with Crippen molar-refractivity contribution < 1.29 is 14.3 Å². The van der Waals surface area contributed by atoms with E-state index in [9.17, 15) is 9.59 Å². The molecule has 5 atom stereocenters. The molecule has 2 saturated carbocycles. The molecule has 19 heavy (non-hydrogen) atoms. The summed E-state index contributed by atoms with van der Waals surface area (Å²) in [4.78, 5) is 24.1. The summed E-state index contributed by atoms with van der Waals surface area (Å²) < 4.78 is 5.00. The van der Waals surface area contributed by atoms with Crippen LogP contribution in [0.1, 0.15) is 39.5 Å². The number of Topliss-reactive ketones (excluding diaryl/α,β-unsaturated/α-hetero) is 1. The van der Waals surface area contributed by atoms with Crippen LogP contribution in [-0.2, 0) is 14.3 Å². The summed E-state index contributed by atoms with van der Waals surface area (Å²) in [7, 11) is 1.48. The Morgan fingerprint density at radius 1 is 1.32 bits per heavy atom. The highest BCUT2D eigenvalue weighted by atomic mass is 16.5. The highest BCUT2D eigenvalue weighted by Crippen LogP contribution is 2.73. The first-order valence-electron chi connectivity index (χ1n) is 7.26. The summed E-state index contributed by atoms with van der Waals surface area (Å²) >= 11 is 0. The number of hydrogen-bond acceptors (Lipinski definition) is 3. The monoisotopic (exact) mass is 260 g/mol. The number of ketones is 1. The Morgan fingerprint density at radius 3 is 2.74 bits per heavy atom. The highest BCUT2D eigenvalue weighted by Gasteiger charge is 2.68. The van der Waals surface area contributed by atoms with Crippen LogP contribution in [0, 0.1) is 28.6 Å². The minimum Gasteiger partial charge on any atom is -0.469 e. The molecule has 3 heteroatoms. The van der Waals surface area contributed by atoms with Gasteiger partial charge in [0.15, 0.2) is 5.78 Å². The molecule has 0 aliphatic heterocycles. The summed E-state index contributed by atoms with van der Waals surface area (Å²) in [6.45, 7) is 4.30. The lowest BCUT2D eigenvalue weighted by atomic mass is 9.70. The van der Waals surface area contributed by atoms with Gasteiger partial charge in [-0.2, -0.15) is 0 Å². The van der Waals surface area contributed by atoms with Gasteiger partial charge in [-0.05, 0) is 54.9 Å². The molecule has 2 fully saturated rings. The lowest BCUT2D eigenvalue weighted by molar-refractivity contribution is -0.151. The van der Waals surface area contributed by atoms with Gasteiger partial charge in [-0.1, -0.05) is 12.5 Å². The number of carbonyl (C=O) groups excluding carboxylic acids is 2. The first-order chi connectivity index (χ1) is 8.90. The molecular weight excluding hydrogens is 240 g/mol. The van der Waals surface area contributed by atoms with E-state index in [0.717, 1.165) is 24.8 Å². The fourth-order valence-corrected chi connectivity index (χ4v) is 5.70. The number of methoxy groups -OCH3 is 1. The molecule has 0 aromatic rings. The van der Waals surface area contributed by atoms with Crippen molar-refractivity contribution >= 4 is 11.8 Å². The van der Waals surface area contributed by atoms with Crippen molar-refractivity contribution in [2.45, 2.75) is 39.5 Å². The molecule has 3 nitrogen and oxygen atoms in total. The fourth-order valence-electron chi connectivity index (χ4n) is 5.70. The third-order valence-corrected chi connectivity index (χ3v) is 6.49. The molecule has 0 N–H and O–H groups in total. The van der Waals surface area contributed by atoms with Gasteiger partial charge in [0.1, 0.15) is 0 Å². The molecule has 0 radical (unpaired) electrons. The van der Waals surface area contributed by atoms with Crippen LogP contribution in [0.5, 0.6) is 0 Å². The number of hydrogen-bond donors (Lipinski definition) is 0. The molecule has 0 heterocycles. The third kappa shape index (κ3) is 1.12. The van der Waals surface area contributed by atoms with Gasteiger partial charge >= 0.3 is 5.97 Å². The van der Waals surface area contributed by atoms with Gasteiger partial charge in [0.2, 0.25) is 0 Å². The van der Waals surface area contributed by atoms with E-state index in [-0.39, 0.29) is 16.8 Å². The Morgan fingerprint density at radius 2 is 2.05 bits per heavy atom. The largest absolute Gasteiger partial charge is 0.469 e. The Bertz CT molecular complexity index is 546. The van der Waals surface area contributed by atoms with E-state index < -0.39 is 0 Å². The van der Waals surface area contributed by atoms with Crippen molar-refractivity contribution in [3.05, 3.63) is 11.1 Å². The minimum absolute atomic E-state index is 0.0613. The van der Waals surface area contributed by atoms with E-state index >= 15 is 0 Å². The first-order valence-corrected chi connectivity index (χ1v) is 7.26. The molecule has 4 aliphatic rings. The molecule has 0 amide bonds. The van der Waals surface area contributed by atoms with Crippen molar-refractivity contribution in [3.63, 3.8) is 0 Å². The number of allylic oxidation sites excluding steroid dienone is 2. The quantitative estimate of drug-likeness (QED) is 0.680. The van der Waals surface area contributed by atoms with Gasteiger partial charge in [0, 0.05) is 6.42 Å². The Hall–Kier alpha value is -1.12. The molecule has 0 aromatic heterocycles. The standard InChI is InChI=1S/C16H20O3/c1-15(14(18)19-3)5-10-8-4-9-12(17)7-16(2,13(8)9)11(10)6-15/h8,10-11H,4-7H2,1-3H3/t8?,10-,11-,15+,16+/m1/s1. The van der Waals surface area contributed by atoms with Crippen LogP contribution in [-0.4, -0.2) is 18.9 Å². The second-order valence-corrected chi connectivity index (χ2v) is 7.45. The summed E-state index contributed by atoms with van der Waals surface area (Å²) in [5.41, 5.74) is 2.34. The first kappa shape index (κ1) is 11.7.